The van der Waals surface area contributed by atoms with Crippen LogP contribution in [0.2, 0.25) is 0 Å². The highest BCUT2D eigenvalue weighted by Gasteiger charge is 2.33. The summed E-state index contributed by atoms with van der Waals surface area (Å²) in [5, 5.41) is 37.8. The van der Waals surface area contributed by atoms with Crippen molar-refractivity contribution in [1.82, 2.24) is 20.9 Å². The summed E-state index contributed by atoms with van der Waals surface area (Å²) in [5.74, 6) is -2.84. The topological polar surface area (TPSA) is 168 Å². The minimum Gasteiger partial charge on any atom is -0.508 e. The number of aliphatic carboxylic acids is 1. The van der Waals surface area contributed by atoms with Gasteiger partial charge in [0.2, 0.25) is 17.7 Å². The molecule has 50 heavy (non-hydrogen) atoms. The van der Waals surface area contributed by atoms with Gasteiger partial charge in [0.05, 0.1) is 5.92 Å². The molecule has 3 atom stereocenters. The van der Waals surface area contributed by atoms with Crippen molar-refractivity contribution in [1.29, 1.82) is 0 Å². The zero-order valence-electron chi connectivity index (χ0n) is 29.7. The standard InChI is InChI=1S/C36H52N4O7S3/c1-7-40(8-2)35(48)50-49-22-26(33(45)46)21-37-31(43)29(19-24-9-13-27(41)14-10-24)38-32(44)30(20-25-11-15-28(42)16-12-25)39-34(47)36(5,6)18-17-23(3)4/h9-16,23,26,29-30,41-42H,7-8,17-22H2,1-6H3,(H,37,43)(H,38,44)(H,39,47)(H,45,46)/t26-,29+,30+/m1/s1. The van der Waals surface area contributed by atoms with Gasteiger partial charge in [0.15, 0.2) is 0 Å². The van der Waals surface area contributed by atoms with Gasteiger partial charge in [-0.1, -0.05) is 75.0 Å². The Balaban J connectivity index is 2.28. The Bertz CT molecular complexity index is 1420. The molecule has 3 amide bonds. The van der Waals surface area contributed by atoms with Crippen LogP contribution in [0.15, 0.2) is 48.5 Å². The average molecular weight is 749 g/mol. The fourth-order valence-electron chi connectivity index (χ4n) is 4.81. The zero-order valence-corrected chi connectivity index (χ0v) is 32.2. The smallest absolute Gasteiger partial charge is 0.309 e. The predicted octanol–water partition coefficient (Wildman–Crippen LogP) is 5.14. The third-order valence-corrected chi connectivity index (χ3v) is 11.4. The molecular weight excluding hydrogens is 697 g/mol. The first-order valence-electron chi connectivity index (χ1n) is 16.8. The van der Waals surface area contributed by atoms with Crippen LogP contribution in [0.4, 0.5) is 0 Å². The molecule has 2 aromatic carbocycles. The van der Waals surface area contributed by atoms with E-state index >= 15 is 0 Å². The highest BCUT2D eigenvalue weighted by molar-refractivity contribution is 8.83. The minimum absolute atomic E-state index is 0.0377. The molecule has 6 N–H and O–H groups in total. The van der Waals surface area contributed by atoms with Gasteiger partial charge in [0.1, 0.15) is 27.9 Å². The number of phenols is 2. The summed E-state index contributed by atoms with van der Waals surface area (Å²) in [5.41, 5.74) is 0.560. The monoisotopic (exact) mass is 748 g/mol. The molecule has 276 valence electrons. The van der Waals surface area contributed by atoms with Gasteiger partial charge in [-0.2, -0.15) is 0 Å². The Morgan fingerprint density at radius 3 is 1.80 bits per heavy atom. The van der Waals surface area contributed by atoms with E-state index < -0.39 is 41.2 Å². The number of carboxylic acids is 1. The summed E-state index contributed by atoms with van der Waals surface area (Å²) >= 11 is 5.44. The van der Waals surface area contributed by atoms with E-state index in [1.165, 1.54) is 45.9 Å². The molecule has 0 radical (unpaired) electrons. The summed E-state index contributed by atoms with van der Waals surface area (Å²) in [6.45, 7) is 13.1. The van der Waals surface area contributed by atoms with E-state index in [0.717, 1.165) is 19.5 Å². The zero-order chi connectivity index (χ0) is 37.4. The lowest BCUT2D eigenvalue weighted by molar-refractivity contribution is -0.141. The number of nitrogens with one attached hydrogen (secondary N) is 3. The number of thiocarbonyl (C=S) groups is 1. The van der Waals surface area contributed by atoms with Crippen LogP contribution in [0.25, 0.3) is 0 Å². The van der Waals surface area contributed by atoms with Crippen molar-refractivity contribution in [2.75, 3.05) is 25.4 Å². The Labute approximate surface area is 309 Å². The summed E-state index contributed by atoms with van der Waals surface area (Å²) in [6, 6.07) is 10.3. The van der Waals surface area contributed by atoms with E-state index in [9.17, 15) is 34.5 Å². The lowest BCUT2D eigenvalue weighted by Crippen LogP contribution is -2.56. The molecule has 11 nitrogen and oxygen atoms in total. The Kier molecular flexibility index (Phi) is 17.9. The van der Waals surface area contributed by atoms with E-state index in [-0.39, 0.29) is 42.5 Å². The first kappa shape index (κ1) is 42.7. The molecule has 0 unspecified atom stereocenters. The molecule has 0 aromatic heterocycles. The summed E-state index contributed by atoms with van der Waals surface area (Å²) in [4.78, 5) is 55.2. The first-order valence-corrected chi connectivity index (χ1v) is 19.5. The second-order valence-corrected chi connectivity index (χ2v) is 16.2. The maximum atomic E-state index is 13.9. The number of hydrogen-bond donors (Lipinski definition) is 6. The molecule has 0 bridgehead atoms. The lowest BCUT2D eigenvalue weighted by atomic mass is 9.84. The number of nitrogens with zero attached hydrogens (tertiary/aromatic N) is 1. The van der Waals surface area contributed by atoms with Crippen molar-refractivity contribution < 1.29 is 34.5 Å². The van der Waals surface area contributed by atoms with E-state index in [1.54, 1.807) is 24.3 Å². The highest BCUT2D eigenvalue weighted by Crippen LogP contribution is 2.28. The number of carbonyl (C=O) groups is 4. The number of carboxylic acid groups (broad SMARTS) is 1. The van der Waals surface area contributed by atoms with Gasteiger partial charge in [0.25, 0.3) is 0 Å². The van der Waals surface area contributed by atoms with Gasteiger partial charge in [-0.3, -0.25) is 19.2 Å². The second-order valence-electron chi connectivity index (χ2n) is 13.2. The number of hydrogen-bond acceptors (Lipinski definition) is 9. The van der Waals surface area contributed by atoms with Gasteiger partial charge in [-0.05, 0) is 78.8 Å². The summed E-state index contributed by atoms with van der Waals surface area (Å²) < 4.78 is 0.655. The number of benzene rings is 2. The Hall–Kier alpha value is -3.49. The molecule has 0 spiro atoms. The minimum atomic E-state index is -1.13. The molecule has 2 rings (SSSR count). The second kappa shape index (κ2) is 21.0. The molecule has 14 heteroatoms. The third-order valence-electron chi connectivity index (χ3n) is 8.26. The predicted molar refractivity (Wildman–Crippen MR) is 205 cm³/mol. The van der Waals surface area contributed by atoms with Gasteiger partial charge in [0, 0.05) is 43.6 Å². The van der Waals surface area contributed by atoms with Crippen LogP contribution in [0.3, 0.4) is 0 Å². The SMILES string of the molecule is CCN(CC)C(=S)SSC[C@@H](CNC(=O)[C@H](Cc1ccc(O)cc1)NC(=O)[C@H](Cc1ccc(O)cc1)NC(=O)C(C)(C)CCC(C)C)C(=O)O. The molecule has 0 aliphatic carbocycles. The van der Waals surface area contributed by atoms with E-state index in [2.05, 4.69) is 29.8 Å². The number of phenolic OH excluding ortho intramolecular Hbond substituents is 2. The average Bonchev–Trinajstić information content (AvgIpc) is 3.06. The quantitative estimate of drug-likeness (QED) is 0.0784. The van der Waals surface area contributed by atoms with E-state index in [4.69, 9.17) is 12.2 Å². The van der Waals surface area contributed by atoms with Crippen molar-refractivity contribution in [3.63, 3.8) is 0 Å². The molecule has 0 heterocycles. The molecule has 0 saturated heterocycles. The third kappa shape index (κ3) is 14.8. The largest absolute Gasteiger partial charge is 0.508 e. The number of rotatable bonds is 20. The highest BCUT2D eigenvalue weighted by atomic mass is 33.1. The summed E-state index contributed by atoms with van der Waals surface area (Å²) in [6.07, 6.45) is 1.56. The van der Waals surface area contributed by atoms with Crippen LogP contribution in [0.5, 0.6) is 11.5 Å². The Morgan fingerprint density at radius 2 is 1.34 bits per heavy atom. The van der Waals surface area contributed by atoms with Gasteiger partial charge in [-0.25, -0.2) is 0 Å². The van der Waals surface area contributed by atoms with Crippen molar-refractivity contribution in [2.24, 2.45) is 17.3 Å². The normalized spacial score (nSPS) is 13.2. The Morgan fingerprint density at radius 1 is 0.840 bits per heavy atom. The molecule has 0 saturated carbocycles. The molecule has 0 aliphatic heterocycles. The van der Waals surface area contributed by atoms with Crippen LogP contribution in [0, 0.1) is 17.3 Å². The van der Waals surface area contributed by atoms with E-state index in [1.807, 2.05) is 32.6 Å². The molecular formula is C36H52N4O7S3. The van der Waals surface area contributed by atoms with Crippen molar-refractivity contribution >= 4 is 61.8 Å². The van der Waals surface area contributed by atoms with Gasteiger partial charge < -0.3 is 36.2 Å². The molecule has 0 aliphatic rings. The molecule has 0 fully saturated rings. The van der Waals surface area contributed by atoms with Crippen molar-refractivity contribution in [3.8, 4) is 11.5 Å². The number of aromatic hydroxyl groups is 2. The fourth-order valence-corrected chi connectivity index (χ4v) is 7.77. The van der Waals surface area contributed by atoms with Crippen molar-refractivity contribution in [3.05, 3.63) is 59.7 Å². The maximum absolute atomic E-state index is 13.9. The van der Waals surface area contributed by atoms with Crippen LogP contribution in [0.1, 0.15) is 65.5 Å². The fraction of sp³-hybridized carbons (Fsp3) is 0.528. The van der Waals surface area contributed by atoms with Crippen LogP contribution < -0.4 is 16.0 Å². The number of carbonyl (C=O) groups excluding carboxylic acids is 3. The van der Waals surface area contributed by atoms with Gasteiger partial charge in [-0.15, -0.1) is 0 Å². The summed E-state index contributed by atoms with van der Waals surface area (Å²) in [7, 11) is 2.62. The lowest BCUT2D eigenvalue weighted by Gasteiger charge is -2.29. The first-order chi connectivity index (χ1) is 23.6. The molecule has 2 aromatic rings. The van der Waals surface area contributed by atoms with Crippen LogP contribution >= 0.6 is 33.8 Å². The van der Waals surface area contributed by atoms with E-state index in [0.29, 0.717) is 27.8 Å². The van der Waals surface area contributed by atoms with Crippen LogP contribution in [-0.4, -0.2) is 85.7 Å². The number of amides is 3. The van der Waals surface area contributed by atoms with Crippen LogP contribution in [-0.2, 0) is 32.0 Å². The maximum Gasteiger partial charge on any atom is 0.309 e. The van der Waals surface area contributed by atoms with Crippen molar-refractivity contribution in [2.45, 2.75) is 79.3 Å². The van der Waals surface area contributed by atoms with Gasteiger partial charge >= 0.3 is 5.97 Å².